The number of thiophene rings is 1. The molecule has 2 saturated heterocycles. The Balaban J connectivity index is 0.981. The lowest BCUT2D eigenvalue weighted by atomic mass is 10.0. The van der Waals surface area contributed by atoms with E-state index in [-0.39, 0.29) is 22.9 Å². The van der Waals surface area contributed by atoms with E-state index in [1.165, 1.54) is 23.5 Å². The molecule has 2 fully saturated rings. The van der Waals surface area contributed by atoms with Crippen LogP contribution < -0.4 is 15.5 Å². The minimum atomic E-state index is -4.26. The molecule has 5 aromatic rings. The van der Waals surface area contributed by atoms with Gasteiger partial charge in [0.2, 0.25) is 5.91 Å². The first-order chi connectivity index (χ1) is 23.6. The normalized spacial score (nSPS) is 16.1. The summed E-state index contributed by atoms with van der Waals surface area (Å²) in [6, 6.07) is 18.4. The quantitative estimate of drug-likeness (QED) is 0.159. The number of nitriles is 1. The molecule has 3 aromatic heterocycles. The zero-order valence-corrected chi connectivity index (χ0v) is 27.7. The Labute approximate surface area is 285 Å². The molecule has 252 valence electrons. The van der Waals surface area contributed by atoms with Gasteiger partial charge in [0.25, 0.3) is 0 Å². The minimum absolute atomic E-state index is 0.161. The van der Waals surface area contributed by atoms with Crippen molar-refractivity contribution in [3.8, 4) is 6.07 Å². The van der Waals surface area contributed by atoms with Crippen molar-refractivity contribution in [1.29, 1.82) is 5.26 Å². The smallest absolute Gasteiger partial charge is 0.367 e. The van der Waals surface area contributed by atoms with Crippen LogP contribution in [-0.4, -0.2) is 63.7 Å². The van der Waals surface area contributed by atoms with E-state index in [1.54, 1.807) is 6.07 Å². The van der Waals surface area contributed by atoms with Gasteiger partial charge in [-0.15, -0.1) is 11.3 Å². The number of likely N-dealkylation sites (tertiary alicyclic amines) is 1. The number of rotatable bonds is 9. The first kappa shape index (κ1) is 32.6. The number of alkyl halides is 3. The SMILES string of the molecule is C=CC(=O)Nc1ccc(N2CC(n3c(C#N)cc4c(C)c(CN5CCC(Nc6ncnc7sc(CC(F)(F)F)cc67)CC5)ccc43)C2)cc1. The summed E-state index contributed by atoms with van der Waals surface area (Å²) in [7, 11) is 0. The monoisotopic (exact) mass is 684 g/mol. The molecule has 0 radical (unpaired) electrons. The van der Waals surface area contributed by atoms with E-state index in [9.17, 15) is 23.2 Å². The predicted octanol–water partition coefficient (Wildman–Crippen LogP) is 7.19. The van der Waals surface area contributed by atoms with Gasteiger partial charge < -0.3 is 20.1 Å². The van der Waals surface area contributed by atoms with Crippen LogP contribution >= 0.6 is 11.3 Å². The Morgan fingerprint density at radius 2 is 1.86 bits per heavy atom. The Hall–Kier alpha value is -4.93. The summed E-state index contributed by atoms with van der Waals surface area (Å²) in [5.41, 5.74) is 5.91. The molecule has 5 heterocycles. The van der Waals surface area contributed by atoms with Gasteiger partial charge in [-0.2, -0.15) is 18.4 Å². The van der Waals surface area contributed by atoms with Crippen molar-refractivity contribution in [3.05, 3.63) is 89.2 Å². The summed E-state index contributed by atoms with van der Waals surface area (Å²) in [5.74, 6) is 0.345. The Morgan fingerprint density at radius 1 is 1.10 bits per heavy atom. The van der Waals surface area contributed by atoms with Crippen molar-refractivity contribution in [2.45, 2.75) is 51.0 Å². The van der Waals surface area contributed by atoms with Crippen LogP contribution in [0.5, 0.6) is 0 Å². The molecule has 9 nitrogen and oxygen atoms in total. The first-order valence-corrected chi connectivity index (χ1v) is 17.0. The molecule has 1 amide bonds. The number of piperidine rings is 1. The van der Waals surface area contributed by atoms with Gasteiger partial charge in [-0.05, 0) is 79.4 Å². The van der Waals surface area contributed by atoms with Crippen molar-refractivity contribution < 1.29 is 18.0 Å². The van der Waals surface area contributed by atoms with Gasteiger partial charge in [0.1, 0.15) is 28.7 Å². The number of aromatic nitrogens is 3. The van der Waals surface area contributed by atoms with Crippen LogP contribution in [0.15, 0.2) is 67.5 Å². The third kappa shape index (κ3) is 6.84. The number of nitrogens with one attached hydrogen (secondary N) is 2. The van der Waals surface area contributed by atoms with Gasteiger partial charge in [0.05, 0.1) is 17.8 Å². The highest BCUT2D eigenvalue weighted by atomic mass is 32.1. The molecular weight excluding hydrogens is 650 g/mol. The molecule has 49 heavy (non-hydrogen) atoms. The summed E-state index contributed by atoms with van der Waals surface area (Å²) in [5, 5.41) is 18.0. The van der Waals surface area contributed by atoms with E-state index in [0.29, 0.717) is 27.4 Å². The van der Waals surface area contributed by atoms with Gasteiger partial charge in [-0.1, -0.05) is 12.6 Å². The number of halogens is 3. The summed E-state index contributed by atoms with van der Waals surface area (Å²) in [6.07, 6.45) is -0.815. The topological polar surface area (TPSA) is 102 Å². The lowest BCUT2D eigenvalue weighted by molar-refractivity contribution is -0.126. The molecule has 0 atom stereocenters. The molecule has 2 aromatic carbocycles. The zero-order valence-electron chi connectivity index (χ0n) is 26.9. The summed E-state index contributed by atoms with van der Waals surface area (Å²) < 4.78 is 41.0. The molecule has 0 aliphatic carbocycles. The van der Waals surface area contributed by atoms with E-state index in [1.807, 2.05) is 30.3 Å². The van der Waals surface area contributed by atoms with Crippen molar-refractivity contribution in [1.82, 2.24) is 19.4 Å². The fraction of sp³-hybridized carbons (Fsp3) is 0.333. The third-order valence-corrected chi connectivity index (χ3v) is 10.6. The Morgan fingerprint density at radius 3 is 2.55 bits per heavy atom. The highest BCUT2D eigenvalue weighted by molar-refractivity contribution is 7.18. The second-order valence-corrected chi connectivity index (χ2v) is 13.8. The van der Waals surface area contributed by atoms with Gasteiger partial charge in [-0.3, -0.25) is 9.69 Å². The lowest BCUT2D eigenvalue weighted by Gasteiger charge is -2.42. The molecule has 2 N–H and O–H groups in total. The van der Waals surface area contributed by atoms with Gasteiger partial charge in [0, 0.05) is 65.9 Å². The van der Waals surface area contributed by atoms with Crippen LogP contribution in [0.25, 0.3) is 21.1 Å². The lowest BCUT2D eigenvalue weighted by Crippen LogP contribution is -2.48. The standard InChI is InChI=1S/C36H35F3N8OS/c1-3-33(48)43-24-5-7-26(8-6-24)46-19-28(20-46)47-27(17-40)14-30-22(2)23(4-9-32(30)47)18-45-12-10-25(11-13-45)44-34-31-15-29(16-36(37,38)39)49-35(31)42-21-41-34/h3-9,14-15,21,25,28H,1,10-13,16,18-20H2,2H3,(H,43,48)(H,41,42,44). The molecule has 0 saturated carbocycles. The van der Waals surface area contributed by atoms with Crippen LogP contribution in [0.1, 0.15) is 40.6 Å². The summed E-state index contributed by atoms with van der Waals surface area (Å²) in [4.78, 5) is 25.6. The zero-order chi connectivity index (χ0) is 34.3. The van der Waals surface area contributed by atoms with E-state index in [4.69, 9.17) is 0 Å². The number of carbonyl (C=O) groups excluding carboxylic acids is 1. The largest absolute Gasteiger partial charge is 0.393 e. The van der Waals surface area contributed by atoms with Gasteiger partial charge >= 0.3 is 6.18 Å². The minimum Gasteiger partial charge on any atom is -0.367 e. The maximum absolute atomic E-state index is 13.0. The van der Waals surface area contributed by atoms with Gasteiger partial charge in [-0.25, -0.2) is 9.97 Å². The Bertz CT molecular complexity index is 2070. The molecule has 0 bridgehead atoms. The predicted molar refractivity (Wildman–Crippen MR) is 187 cm³/mol. The molecule has 2 aliphatic rings. The van der Waals surface area contributed by atoms with Crippen LogP contribution in [0.3, 0.4) is 0 Å². The van der Waals surface area contributed by atoms with Crippen molar-refractivity contribution in [2.75, 3.05) is 41.7 Å². The van der Waals surface area contributed by atoms with E-state index >= 15 is 0 Å². The number of nitrogens with zero attached hydrogens (tertiary/aromatic N) is 6. The molecule has 13 heteroatoms. The maximum atomic E-state index is 13.0. The van der Waals surface area contributed by atoms with Crippen molar-refractivity contribution in [2.24, 2.45) is 0 Å². The van der Waals surface area contributed by atoms with Crippen LogP contribution in [0.2, 0.25) is 0 Å². The van der Waals surface area contributed by atoms with Crippen LogP contribution in [0.4, 0.5) is 30.4 Å². The van der Waals surface area contributed by atoms with Gasteiger partial charge in [0.15, 0.2) is 0 Å². The highest BCUT2D eigenvalue weighted by Gasteiger charge is 2.32. The number of hydrogen-bond acceptors (Lipinski definition) is 8. The fourth-order valence-corrected chi connectivity index (χ4v) is 7.92. The van der Waals surface area contributed by atoms with Crippen molar-refractivity contribution >= 4 is 55.6 Å². The molecule has 0 unspecified atom stereocenters. The summed E-state index contributed by atoms with van der Waals surface area (Å²) >= 11 is 1.06. The number of anilines is 3. The molecule has 7 rings (SSSR count). The first-order valence-electron chi connectivity index (χ1n) is 16.2. The maximum Gasteiger partial charge on any atom is 0.393 e. The average molecular weight is 685 g/mol. The molecule has 0 spiro atoms. The average Bonchev–Trinajstić information content (AvgIpc) is 3.64. The van der Waals surface area contributed by atoms with E-state index < -0.39 is 12.6 Å². The van der Waals surface area contributed by atoms with E-state index in [2.05, 4.69) is 66.7 Å². The van der Waals surface area contributed by atoms with Crippen LogP contribution in [-0.2, 0) is 17.8 Å². The van der Waals surface area contributed by atoms with E-state index in [0.717, 1.165) is 73.5 Å². The second-order valence-electron chi connectivity index (χ2n) is 12.7. The second kappa shape index (κ2) is 13.2. The summed E-state index contributed by atoms with van der Waals surface area (Å²) in [6.45, 7) is 9.71. The highest BCUT2D eigenvalue weighted by Crippen LogP contribution is 2.36. The fourth-order valence-electron chi connectivity index (χ4n) is 6.89. The Kier molecular flexibility index (Phi) is 8.77. The number of carbonyl (C=O) groups is 1. The number of fused-ring (bicyclic) bond motifs is 2. The number of hydrogen-bond donors (Lipinski definition) is 2. The number of benzene rings is 2. The van der Waals surface area contributed by atoms with Crippen molar-refractivity contribution in [3.63, 3.8) is 0 Å². The molecule has 2 aliphatic heterocycles. The number of amides is 1. The van der Waals surface area contributed by atoms with Crippen LogP contribution in [0, 0.1) is 18.3 Å². The number of aryl methyl sites for hydroxylation is 1. The third-order valence-electron chi connectivity index (χ3n) is 9.51. The molecular formula is C36H35F3N8OS.